The molecule has 0 radical (unpaired) electrons. The Morgan fingerprint density at radius 3 is 2.57 bits per heavy atom. The number of hydrogen-bond donors (Lipinski definition) is 1. The molecule has 4 rings (SSSR count). The van der Waals surface area contributed by atoms with Crippen LogP contribution >= 0.6 is 0 Å². The van der Waals surface area contributed by atoms with Crippen LogP contribution in [0.1, 0.15) is 28.4 Å². The third-order valence-corrected chi connectivity index (χ3v) is 5.57. The predicted molar refractivity (Wildman–Crippen MR) is 109 cm³/mol. The lowest BCUT2D eigenvalue weighted by Gasteiger charge is -2.31. The van der Waals surface area contributed by atoms with Crippen molar-refractivity contribution in [2.45, 2.75) is 25.4 Å². The lowest BCUT2D eigenvalue weighted by Crippen LogP contribution is -2.18. The van der Waals surface area contributed by atoms with Gasteiger partial charge in [-0.05, 0) is 35.7 Å². The van der Waals surface area contributed by atoms with Gasteiger partial charge in [-0.25, -0.2) is 13.6 Å². The largest absolute Gasteiger partial charge is 0.480 e. The van der Waals surface area contributed by atoms with Crippen LogP contribution < -0.4 is 14.6 Å². The first kappa shape index (κ1) is 20.3. The first-order valence-electron chi connectivity index (χ1n) is 9.16. The Bertz CT molecular complexity index is 1210. The number of aryl methyl sites for hydroxylation is 1. The van der Waals surface area contributed by atoms with Gasteiger partial charge in [0.2, 0.25) is 10.0 Å². The molecule has 3 aromatic carbocycles. The van der Waals surface area contributed by atoms with Gasteiger partial charge in [0.15, 0.2) is 0 Å². The molecule has 1 atom stereocenters. The molecule has 1 aliphatic rings. The lowest BCUT2D eigenvalue weighted by atomic mass is 9.88. The van der Waals surface area contributed by atoms with E-state index in [1.807, 2.05) is 31.2 Å². The van der Waals surface area contributed by atoms with Crippen molar-refractivity contribution < 1.29 is 26.7 Å². The Kier molecular flexibility index (Phi) is 5.21. The molecule has 1 aliphatic heterocycles. The molecule has 0 bridgehead atoms. The van der Waals surface area contributed by atoms with Gasteiger partial charge < -0.3 is 9.47 Å². The number of primary sulfonamides is 1. The maximum Gasteiger partial charge on any atom is 0.387 e. The molecule has 0 aromatic heterocycles. The second-order valence-electron chi connectivity index (χ2n) is 7.15. The van der Waals surface area contributed by atoms with Crippen molar-refractivity contribution in [1.29, 1.82) is 0 Å². The molecule has 156 valence electrons. The molecular formula is C22H19F2NO4S. The van der Waals surface area contributed by atoms with E-state index >= 15 is 0 Å². The van der Waals surface area contributed by atoms with Crippen molar-refractivity contribution >= 4 is 10.0 Å². The van der Waals surface area contributed by atoms with Crippen LogP contribution in [-0.2, 0) is 15.8 Å². The zero-order chi connectivity index (χ0) is 21.5. The topological polar surface area (TPSA) is 78.6 Å². The summed E-state index contributed by atoms with van der Waals surface area (Å²) in [6, 6.07) is 17.4. The number of halogens is 2. The molecule has 5 nitrogen and oxygen atoms in total. The van der Waals surface area contributed by atoms with Crippen LogP contribution in [0, 0.1) is 6.92 Å². The third kappa shape index (κ3) is 4.15. The van der Waals surface area contributed by atoms with Gasteiger partial charge in [-0.1, -0.05) is 54.1 Å². The zero-order valence-corrected chi connectivity index (χ0v) is 16.8. The Morgan fingerprint density at radius 1 is 1.10 bits per heavy atom. The number of rotatable bonds is 5. The number of fused-ring (bicyclic) bond motifs is 3. The summed E-state index contributed by atoms with van der Waals surface area (Å²) in [7, 11) is -3.74. The molecular weight excluding hydrogens is 412 g/mol. The maximum absolute atomic E-state index is 13.0. The first-order valence-corrected chi connectivity index (χ1v) is 10.9. The summed E-state index contributed by atoms with van der Waals surface area (Å²) in [4.78, 5) is 0. The minimum absolute atomic E-state index is 0.00867. The van der Waals surface area contributed by atoms with Gasteiger partial charge in [-0.2, -0.15) is 8.78 Å². The molecule has 3 aromatic rings. The highest BCUT2D eigenvalue weighted by molar-refractivity contribution is 7.88. The number of alkyl halides is 2. The van der Waals surface area contributed by atoms with Crippen LogP contribution in [0.3, 0.4) is 0 Å². The number of nitrogens with two attached hydrogens (primary N) is 1. The van der Waals surface area contributed by atoms with Crippen LogP contribution in [0.2, 0.25) is 0 Å². The van der Waals surface area contributed by atoms with E-state index in [0.29, 0.717) is 28.0 Å². The van der Waals surface area contributed by atoms with Crippen molar-refractivity contribution in [3.05, 3.63) is 82.9 Å². The van der Waals surface area contributed by atoms with Gasteiger partial charge in [0.1, 0.15) is 17.6 Å². The number of ether oxygens (including phenoxy) is 2. The molecule has 0 spiro atoms. The molecule has 0 saturated carbocycles. The third-order valence-electron chi connectivity index (χ3n) is 4.83. The number of sulfonamides is 1. The zero-order valence-electron chi connectivity index (χ0n) is 16.0. The van der Waals surface area contributed by atoms with Crippen molar-refractivity contribution in [2.75, 3.05) is 0 Å². The molecule has 1 heterocycles. The molecule has 0 amide bonds. The summed E-state index contributed by atoms with van der Waals surface area (Å²) in [5.41, 5.74) is 4.05. The minimum Gasteiger partial charge on any atom is -0.480 e. The summed E-state index contributed by atoms with van der Waals surface area (Å²) >= 11 is 0. The van der Waals surface area contributed by atoms with E-state index in [4.69, 9.17) is 14.6 Å². The highest BCUT2D eigenvalue weighted by Crippen LogP contribution is 2.49. The van der Waals surface area contributed by atoms with E-state index in [9.17, 15) is 17.2 Å². The van der Waals surface area contributed by atoms with E-state index in [1.54, 1.807) is 30.3 Å². The van der Waals surface area contributed by atoms with Crippen LogP contribution in [-0.4, -0.2) is 15.0 Å². The normalized spacial score (nSPS) is 15.3. The molecule has 2 N–H and O–H groups in total. The van der Waals surface area contributed by atoms with E-state index in [2.05, 4.69) is 0 Å². The predicted octanol–water partition coefficient (Wildman–Crippen LogP) is 4.53. The summed E-state index contributed by atoms with van der Waals surface area (Å²) < 4.78 is 60.0. The summed E-state index contributed by atoms with van der Waals surface area (Å²) in [6.07, 6.45) is -0.547. The molecule has 30 heavy (non-hydrogen) atoms. The van der Waals surface area contributed by atoms with Crippen molar-refractivity contribution in [2.24, 2.45) is 5.14 Å². The van der Waals surface area contributed by atoms with Crippen LogP contribution in [0.15, 0.2) is 60.7 Å². The summed E-state index contributed by atoms with van der Waals surface area (Å²) in [6.45, 7) is -1.04. The van der Waals surface area contributed by atoms with Crippen molar-refractivity contribution in [3.8, 4) is 22.6 Å². The van der Waals surface area contributed by atoms with Crippen molar-refractivity contribution in [1.82, 2.24) is 0 Å². The number of benzene rings is 3. The SMILES string of the molecule is Cc1cccc(C2Oc3cccc(OC(F)F)c3-c3ccc(CS(N)(=O)=O)cc32)c1. The molecule has 0 fully saturated rings. The average Bonchev–Trinajstić information content (AvgIpc) is 2.65. The summed E-state index contributed by atoms with van der Waals surface area (Å²) in [5.74, 6) is 0.0556. The van der Waals surface area contributed by atoms with Gasteiger partial charge in [0, 0.05) is 5.56 Å². The van der Waals surface area contributed by atoms with Crippen LogP contribution in [0.25, 0.3) is 11.1 Å². The second-order valence-corrected chi connectivity index (χ2v) is 8.76. The Balaban J connectivity index is 1.92. The molecule has 8 heteroatoms. The first-order chi connectivity index (χ1) is 14.2. The van der Waals surface area contributed by atoms with Crippen LogP contribution in [0.4, 0.5) is 8.78 Å². The monoisotopic (exact) mass is 431 g/mol. The van der Waals surface area contributed by atoms with Gasteiger partial charge in [0.05, 0.1) is 11.3 Å². The molecule has 0 saturated heterocycles. The smallest absolute Gasteiger partial charge is 0.387 e. The van der Waals surface area contributed by atoms with Crippen LogP contribution in [0.5, 0.6) is 11.5 Å². The average molecular weight is 431 g/mol. The minimum atomic E-state index is -3.74. The fourth-order valence-electron chi connectivity index (χ4n) is 3.72. The van der Waals surface area contributed by atoms with E-state index in [1.165, 1.54) is 6.07 Å². The highest BCUT2D eigenvalue weighted by Gasteiger charge is 2.31. The Morgan fingerprint density at radius 2 is 1.87 bits per heavy atom. The van der Waals surface area contributed by atoms with Gasteiger partial charge in [-0.15, -0.1) is 0 Å². The molecule has 0 aliphatic carbocycles. The fraction of sp³-hybridized carbons (Fsp3) is 0.182. The summed E-state index contributed by atoms with van der Waals surface area (Å²) in [5, 5.41) is 5.20. The second kappa shape index (κ2) is 7.70. The van der Waals surface area contributed by atoms with Crippen molar-refractivity contribution in [3.63, 3.8) is 0 Å². The van der Waals surface area contributed by atoms with Gasteiger partial charge in [-0.3, -0.25) is 0 Å². The van der Waals surface area contributed by atoms with E-state index in [0.717, 1.165) is 11.1 Å². The van der Waals surface area contributed by atoms with Gasteiger partial charge >= 0.3 is 6.61 Å². The highest BCUT2D eigenvalue weighted by atomic mass is 32.2. The fourth-order valence-corrected chi connectivity index (χ4v) is 4.36. The quantitative estimate of drug-likeness (QED) is 0.644. The van der Waals surface area contributed by atoms with Gasteiger partial charge in [0.25, 0.3) is 0 Å². The molecule has 1 unspecified atom stereocenters. The maximum atomic E-state index is 13.0. The lowest BCUT2D eigenvalue weighted by molar-refractivity contribution is -0.0496. The Labute approximate surface area is 173 Å². The standard InChI is InChI=1S/C22H19F2NO4S/c1-13-4-2-5-15(10-13)21-17-11-14(12-30(25,26)27)8-9-16(17)20-18(28-21)6-3-7-19(20)29-22(23)24/h2-11,21-22H,12H2,1H3,(H2,25,26,27). The van der Waals surface area contributed by atoms with E-state index < -0.39 is 22.7 Å². The number of hydrogen-bond acceptors (Lipinski definition) is 4. The van der Waals surface area contributed by atoms with E-state index in [-0.39, 0.29) is 11.5 Å². The Hall–Kier alpha value is -2.97.